The van der Waals surface area contributed by atoms with Gasteiger partial charge in [0, 0.05) is 84.9 Å². The Morgan fingerprint density at radius 3 is 1.22 bits per heavy atom. The largest absolute Gasteiger partial charge is 0.392 e. The summed E-state index contributed by atoms with van der Waals surface area (Å²) in [5.74, 6) is 0. The fraction of sp³-hybridized carbons (Fsp3) is 0.255. The summed E-state index contributed by atoms with van der Waals surface area (Å²) in [6.07, 6.45) is 8.25. The zero-order chi connectivity index (χ0) is 43.4. The van der Waals surface area contributed by atoms with Crippen molar-refractivity contribution in [1.29, 1.82) is 0 Å². The van der Waals surface area contributed by atoms with Crippen molar-refractivity contribution < 1.29 is 28.9 Å². The first-order valence-corrected chi connectivity index (χ1v) is 25.1. The molecule has 60 heavy (non-hydrogen) atoms. The van der Waals surface area contributed by atoms with Crippen molar-refractivity contribution in [2.45, 2.75) is 26.3 Å². The zero-order valence-electron chi connectivity index (χ0n) is 34.7. The van der Waals surface area contributed by atoms with Crippen LogP contribution in [0.3, 0.4) is 0 Å². The van der Waals surface area contributed by atoms with Crippen LogP contribution in [0.1, 0.15) is 43.0 Å². The minimum Gasteiger partial charge on any atom is -0.392 e. The summed E-state index contributed by atoms with van der Waals surface area (Å²) < 4.78 is 23.3. The molecule has 0 atom stereocenters. The molecule has 0 saturated carbocycles. The fourth-order valence-electron chi connectivity index (χ4n) is 5.62. The summed E-state index contributed by atoms with van der Waals surface area (Å²) in [7, 11) is -3.90. The number of rotatable bonds is 17. The number of nitrogens with zero attached hydrogens (tertiary/aromatic N) is 3. The van der Waals surface area contributed by atoms with Gasteiger partial charge in [-0.05, 0) is 85.3 Å². The van der Waals surface area contributed by atoms with Gasteiger partial charge in [-0.2, -0.15) is 0 Å². The molecule has 6 rings (SSSR count). The van der Waals surface area contributed by atoms with Gasteiger partial charge in [0.2, 0.25) is 0 Å². The van der Waals surface area contributed by atoms with Crippen LogP contribution in [0.25, 0.3) is 33.8 Å². The Morgan fingerprint density at radius 2 is 0.850 bits per heavy atom. The van der Waals surface area contributed by atoms with E-state index < -0.39 is 14.3 Å². The Morgan fingerprint density at radius 1 is 0.483 bits per heavy atom. The summed E-state index contributed by atoms with van der Waals surface area (Å²) >= 11 is 0. The minimum absolute atomic E-state index is 0.0298. The molecule has 3 aromatic heterocycles. The molecule has 0 unspecified atom stereocenters. The number of hydrogen-bond acceptors (Lipinski definition) is 11. The van der Waals surface area contributed by atoms with E-state index in [-0.39, 0.29) is 13.2 Å². The third kappa shape index (κ3) is 17.2. The molecule has 3 aromatic carbocycles. The number of aromatic nitrogens is 3. The van der Waals surface area contributed by atoms with E-state index in [1.165, 1.54) is 0 Å². The molecule has 0 spiro atoms. The topological polar surface area (TPSA) is 171 Å². The molecule has 0 aliphatic rings. The third-order valence-corrected chi connectivity index (χ3v) is 11.7. The van der Waals surface area contributed by atoms with E-state index in [1.54, 1.807) is 42.9 Å². The number of hydrogen-bond donors (Lipinski definition) is 4. The van der Waals surface area contributed by atoms with Gasteiger partial charge in [0.15, 0.2) is 0 Å². The summed E-state index contributed by atoms with van der Waals surface area (Å²) in [6.45, 7) is 10.3. The molecule has 3 heterocycles. The van der Waals surface area contributed by atoms with E-state index >= 15 is 0 Å². The smallest absolute Gasteiger partial charge is 0.150 e. The molecular weight excluding hydrogens is 792 g/mol. The molecule has 0 aliphatic carbocycles. The van der Waals surface area contributed by atoms with Gasteiger partial charge in [0.1, 0.15) is 12.6 Å². The lowest BCUT2D eigenvalue weighted by Crippen LogP contribution is -2.17. The lowest BCUT2D eigenvalue weighted by Gasteiger charge is -2.09. The van der Waals surface area contributed by atoms with Crippen LogP contribution >= 0.6 is 14.3 Å². The summed E-state index contributed by atoms with van der Waals surface area (Å²) in [5.41, 5.74) is 10.8. The number of nitrogens with one attached hydrogen (secondary N) is 2. The molecule has 13 heteroatoms. The molecule has 11 nitrogen and oxygen atoms in total. The highest BCUT2D eigenvalue weighted by molar-refractivity contribution is 7.62. The van der Waals surface area contributed by atoms with Crippen molar-refractivity contribution in [3.63, 3.8) is 0 Å². The molecule has 4 N–H and O–H groups in total. The SMILES string of the molecule is CP(C)(=O)CCNCc1ccnc(-c2ccc(C=O)cc2)c1.CP(C)(=O)CCNCc1ccnc(-c2ccc(CO)cc2)c1.O=Cc1ccnc(-c2ccc(CO)cc2)c1. The van der Waals surface area contributed by atoms with E-state index in [1.807, 2.05) is 106 Å². The van der Waals surface area contributed by atoms with Crippen LogP contribution in [0.4, 0.5) is 0 Å². The standard InChI is InChI=1S/C17H23N2O2P.C17H21N2O2P.C13H11NO2/c2*1-22(2,21)10-9-18-12-15-7-8-19-17(11-15)16-5-3-14(13-20)4-6-16;15-8-10-1-3-12(4-2-10)13-7-11(9-16)5-6-14-13/h3-8,11,18,20H,9-10,12-13H2,1-2H3;3-8,11,13,18H,9-10,12H2,1-2H3;1-7,9,15H,8H2. The van der Waals surface area contributed by atoms with E-state index in [4.69, 9.17) is 10.2 Å². The van der Waals surface area contributed by atoms with E-state index in [9.17, 15) is 18.7 Å². The molecule has 6 aromatic rings. The van der Waals surface area contributed by atoms with Gasteiger partial charge in [-0.1, -0.05) is 72.8 Å². The summed E-state index contributed by atoms with van der Waals surface area (Å²) in [6, 6.07) is 34.0. The molecule has 0 saturated heterocycles. The van der Waals surface area contributed by atoms with Crippen molar-refractivity contribution >= 4 is 26.9 Å². The van der Waals surface area contributed by atoms with Crippen LogP contribution in [0.15, 0.2) is 128 Å². The van der Waals surface area contributed by atoms with Crippen molar-refractivity contribution in [2.75, 3.05) is 52.1 Å². The highest BCUT2D eigenvalue weighted by Crippen LogP contribution is 2.35. The average Bonchev–Trinajstić information content (AvgIpc) is 3.27. The number of aliphatic hydroxyl groups is 2. The zero-order valence-corrected chi connectivity index (χ0v) is 36.5. The van der Waals surface area contributed by atoms with Crippen molar-refractivity contribution in [3.8, 4) is 33.8 Å². The van der Waals surface area contributed by atoms with Crippen LogP contribution < -0.4 is 10.6 Å². The van der Waals surface area contributed by atoms with Gasteiger partial charge in [-0.25, -0.2) is 0 Å². The van der Waals surface area contributed by atoms with Crippen LogP contribution in [0, 0.1) is 0 Å². The highest BCUT2D eigenvalue weighted by Gasteiger charge is 2.08. The Hall–Kier alpha value is -5.25. The second-order valence-electron chi connectivity index (χ2n) is 15.1. The number of benzene rings is 3. The first kappa shape index (κ1) is 47.4. The Balaban J connectivity index is 0.000000201. The van der Waals surface area contributed by atoms with Gasteiger partial charge < -0.3 is 30.0 Å². The quantitative estimate of drug-likeness (QED) is 0.0396. The van der Waals surface area contributed by atoms with Gasteiger partial charge in [-0.3, -0.25) is 24.5 Å². The minimum atomic E-state index is -1.96. The Labute approximate surface area is 353 Å². The number of carbonyl (C=O) groups excluding carboxylic acids is 2. The molecule has 0 bridgehead atoms. The molecule has 314 valence electrons. The Bertz CT molecular complexity index is 2350. The molecule has 0 fully saturated rings. The molecule has 0 amide bonds. The Kier molecular flexibility index (Phi) is 19.1. The van der Waals surface area contributed by atoms with Gasteiger partial charge in [-0.15, -0.1) is 0 Å². The van der Waals surface area contributed by atoms with Gasteiger partial charge in [0.05, 0.1) is 44.6 Å². The number of aldehydes is 2. The average molecular weight is 848 g/mol. The van der Waals surface area contributed by atoms with Crippen LogP contribution in [-0.2, 0) is 35.4 Å². The summed E-state index contributed by atoms with van der Waals surface area (Å²) in [5, 5.41) is 24.6. The lowest BCUT2D eigenvalue weighted by molar-refractivity contribution is 0.111. The first-order valence-electron chi connectivity index (χ1n) is 19.6. The fourth-order valence-corrected chi connectivity index (χ4v) is 7.01. The molecule has 0 radical (unpaired) electrons. The predicted octanol–water partition coefficient (Wildman–Crippen LogP) is 8.28. The summed E-state index contributed by atoms with van der Waals surface area (Å²) in [4.78, 5) is 34.3. The second-order valence-corrected chi connectivity index (χ2v) is 22.3. The molecular formula is C47H55N5O6P2. The number of pyridine rings is 3. The van der Waals surface area contributed by atoms with E-state index in [0.717, 1.165) is 94.8 Å². The first-order chi connectivity index (χ1) is 28.8. The van der Waals surface area contributed by atoms with Crippen LogP contribution in [0.5, 0.6) is 0 Å². The van der Waals surface area contributed by atoms with E-state index in [0.29, 0.717) is 23.5 Å². The maximum Gasteiger partial charge on any atom is 0.150 e. The molecule has 0 aliphatic heterocycles. The third-order valence-electron chi connectivity index (χ3n) is 9.09. The normalized spacial score (nSPS) is 11.1. The number of aliphatic hydroxyl groups excluding tert-OH is 2. The maximum atomic E-state index is 11.6. The van der Waals surface area contributed by atoms with Gasteiger partial charge in [0.25, 0.3) is 0 Å². The van der Waals surface area contributed by atoms with E-state index in [2.05, 4.69) is 31.7 Å². The van der Waals surface area contributed by atoms with Gasteiger partial charge >= 0.3 is 0 Å². The number of carbonyl (C=O) groups is 2. The maximum absolute atomic E-state index is 11.6. The predicted molar refractivity (Wildman–Crippen MR) is 244 cm³/mol. The highest BCUT2D eigenvalue weighted by atomic mass is 31.2. The van der Waals surface area contributed by atoms with Crippen molar-refractivity contribution in [3.05, 3.63) is 161 Å². The second kappa shape index (κ2) is 24.1. The monoisotopic (exact) mass is 847 g/mol. The van der Waals surface area contributed by atoms with Crippen molar-refractivity contribution in [2.24, 2.45) is 0 Å². The van der Waals surface area contributed by atoms with Crippen LogP contribution in [-0.4, -0.2) is 89.8 Å². The van der Waals surface area contributed by atoms with Crippen LogP contribution in [0.2, 0.25) is 0 Å². The van der Waals surface area contributed by atoms with Crippen molar-refractivity contribution in [1.82, 2.24) is 25.6 Å². The lowest BCUT2D eigenvalue weighted by atomic mass is 10.1.